The molecule has 0 radical (unpaired) electrons. The van der Waals surface area contributed by atoms with Crippen molar-refractivity contribution in [3.63, 3.8) is 0 Å². The summed E-state index contributed by atoms with van der Waals surface area (Å²) in [5, 5.41) is 9.51. The van der Waals surface area contributed by atoms with Crippen molar-refractivity contribution in [1.82, 2.24) is 4.90 Å². The van der Waals surface area contributed by atoms with Crippen LogP contribution in [0.1, 0.15) is 27.9 Å². The lowest BCUT2D eigenvalue weighted by molar-refractivity contribution is 0.0764. The van der Waals surface area contributed by atoms with Gasteiger partial charge in [0.2, 0.25) is 0 Å². The summed E-state index contributed by atoms with van der Waals surface area (Å²) in [7, 11) is 0. The van der Waals surface area contributed by atoms with Crippen molar-refractivity contribution in [2.24, 2.45) is 5.73 Å². The van der Waals surface area contributed by atoms with Gasteiger partial charge < -0.3 is 15.7 Å². The van der Waals surface area contributed by atoms with Crippen molar-refractivity contribution in [3.05, 3.63) is 34.9 Å². The molecule has 1 heterocycles. The zero-order valence-electron chi connectivity index (χ0n) is 11.0. The molecule has 1 unspecified atom stereocenters. The molecule has 1 aliphatic rings. The molecule has 0 saturated carbocycles. The van der Waals surface area contributed by atoms with E-state index in [2.05, 4.69) is 11.8 Å². The Bertz CT molecular complexity index is 543. The number of nitrogens with zero attached hydrogens (tertiary/aromatic N) is 1. The van der Waals surface area contributed by atoms with Gasteiger partial charge in [0.05, 0.1) is 12.6 Å². The number of β-amino-alcohol motifs (C(OH)–C–C–N with tert-alkyl or cyclic N) is 1. The van der Waals surface area contributed by atoms with Crippen LogP contribution in [0, 0.1) is 18.8 Å². The Hall–Kier alpha value is -1.83. The molecule has 4 nitrogen and oxygen atoms in total. The standard InChI is InChI=1S/C15H18N2O2/c1-11-12(5-3-8-16)4-2-6-14(11)15(19)17-9-7-13(18)10-17/h2,4,6,13,18H,7-10,16H2,1H3. The van der Waals surface area contributed by atoms with Gasteiger partial charge in [-0.15, -0.1) is 0 Å². The molecule has 1 fully saturated rings. The monoisotopic (exact) mass is 258 g/mol. The van der Waals surface area contributed by atoms with Crippen LogP contribution in [0.3, 0.4) is 0 Å². The fourth-order valence-electron chi connectivity index (χ4n) is 2.25. The zero-order chi connectivity index (χ0) is 13.8. The normalized spacial score (nSPS) is 18.1. The van der Waals surface area contributed by atoms with Gasteiger partial charge >= 0.3 is 0 Å². The maximum absolute atomic E-state index is 12.4. The third kappa shape index (κ3) is 2.95. The van der Waals surface area contributed by atoms with E-state index in [0.29, 0.717) is 31.6 Å². The highest BCUT2D eigenvalue weighted by Gasteiger charge is 2.26. The number of hydrogen-bond donors (Lipinski definition) is 2. The molecule has 0 aliphatic carbocycles. The van der Waals surface area contributed by atoms with Crippen molar-refractivity contribution in [3.8, 4) is 11.8 Å². The fraction of sp³-hybridized carbons (Fsp3) is 0.400. The molecule has 19 heavy (non-hydrogen) atoms. The first-order valence-corrected chi connectivity index (χ1v) is 6.39. The van der Waals surface area contributed by atoms with Crippen molar-refractivity contribution in [1.29, 1.82) is 0 Å². The smallest absolute Gasteiger partial charge is 0.254 e. The first kappa shape index (κ1) is 13.6. The van der Waals surface area contributed by atoms with Crippen LogP contribution in [-0.4, -0.2) is 41.7 Å². The number of nitrogens with two attached hydrogens (primary N) is 1. The number of likely N-dealkylation sites (tertiary alicyclic amines) is 1. The molecule has 3 N–H and O–H groups in total. The predicted octanol–water partition coefficient (Wildman–Crippen LogP) is 0.512. The highest BCUT2D eigenvalue weighted by atomic mass is 16.3. The quantitative estimate of drug-likeness (QED) is 0.721. The van der Waals surface area contributed by atoms with Crippen LogP contribution in [0.5, 0.6) is 0 Å². The molecule has 1 atom stereocenters. The Morgan fingerprint density at radius 3 is 3.00 bits per heavy atom. The van der Waals surface area contributed by atoms with E-state index in [4.69, 9.17) is 5.73 Å². The van der Waals surface area contributed by atoms with Gasteiger partial charge in [0.25, 0.3) is 5.91 Å². The van der Waals surface area contributed by atoms with Crippen molar-refractivity contribution >= 4 is 5.91 Å². The molecule has 1 amide bonds. The Morgan fingerprint density at radius 1 is 1.58 bits per heavy atom. The SMILES string of the molecule is Cc1c(C#CCN)cccc1C(=O)N1CCC(O)C1. The number of aliphatic hydroxyl groups excluding tert-OH is 1. The van der Waals surface area contributed by atoms with Crippen molar-refractivity contribution in [2.45, 2.75) is 19.4 Å². The van der Waals surface area contributed by atoms with E-state index in [0.717, 1.165) is 11.1 Å². The van der Waals surface area contributed by atoms with Crippen LogP contribution < -0.4 is 5.73 Å². The minimum Gasteiger partial charge on any atom is -0.391 e. The number of carbonyl (C=O) groups is 1. The molecular weight excluding hydrogens is 240 g/mol. The summed E-state index contributed by atoms with van der Waals surface area (Å²) in [4.78, 5) is 14.1. The van der Waals surface area contributed by atoms with E-state index < -0.39 is 6.10 Å². The second-order valence-electron chi connectivity index (χ2n) is 4.68. The lowest BCUT2D eigenvalue weighted by Crippen LogP contribution is -2.30. The highest BCUT2D eigenvalue weighted by Crippen LogP contribution is 2.18. The lowest BCUT2D eigenvalue weighted by Gasteiger charge is -2.17. The van der Waals surface area contributed by atoms with Gasteiger partial charge in [-0.2, -0.15) is 0 Å². The van der Waals surface area contributed by atoms with Crippen molar-refractivity contribution in [2.75, 3.05) is 19.6 Å². The molecule has 0 spiro atoms. The van der Waals surface area contributed by atoms with Gasteiger partial charge in [-0.25, -0.2) is 0 Å². The Morgan fingerprint density at radius 2 is 2.37 bits per heavy atom. The summed E-state index contributed by atoms with van der Waals surface area (Å²) in [6.07, 6.45) is 0.252. The molecule has 100 valence electrons. The van der Waals surface area contributed by atoms with E-state index in [9.17, 15) is 9.90 Å². The summed E-state index contributed by atoms with van der Waals surface area (Å²) in [5.41, 5.74) is 7.71. The number of benzene rings is 1. The molecule has 0 bridgehead atoms. The summed E-state index contributed by atoms with van der Waals surface area (Å²) >= 11 is 0. The van der Waals surface area contributed by atoms with Crippen LogP contribution >= 0.6 is 0 Å². The van der Waals surface area contributed by atoms with Gasteiger partial charge in [-0.05, 0) is 31.0 Å². The lowest BCUT2D eigenvalue weighted by atomic mass is 10.0. The van der Waals surface area contributed by atoms with E-state index >= 15 is 0 Å². The third-order valence-corrected chi connectivity index (χ3v) is 3.34. The second kappa shape index (κ2) is 5.87. The number of carbonyl (C=O) groups excluding carboxylic acids is 1. The third-order valence-electron chi connectivity index (χ3n) is 3.34. The maximum Gasteiger partial charge on any atom is 0.254 e. The first-order chi connectivity index (χ1) is 9.13. The highest BCUT2D eigenvalue weighted by molar-refractivity contribution is 5.96. The number of amides is 1. The summed E-state index contributed by atoms with van der Waals surface area (Å²) in [6, 6.07) is 5.51. The largest absolute Gasteiger partial charge is 0.391 e. The molecule has 1 aliphatic heterocycles. The molecule has 4 heteroatoms. The molecule has 1 aromatic rings. The number of rotatable bonds is 1. The van der Waals surface area contributed by atoms with E-state index in [1.165, 1.54) is 0 Å². The average Bonchev–Trinajstić information content (AvgIpc) is 2.83. The van der Waals surface area contributed by atoms with Gasteiger partial charge in [-0.1, -0.05) is 17.9 Å². The maximum atomic E-state index is 12.4. The Balaban J connectivity index is 2.27. The molecule has 0 aromatic heterocycles. The van der Waals surface area contributed by atoms with Crippen LogP contribution in [0.2, 0.25) is 0 Å². The van der Waals surface area contributed by atoms with Crippen molar-refractivity contribution < 1.29 is 9.90 Å². The minimum absolute atomic E-state index is 0.0366. The molecule has 2 rings (SSSR count). The minimum atomic E-state index is -0.399. The molecular formula is C15H18N2O2. The van der Waals surface area contributed by atoms with Gasteiger partial charge in [0.1, 0.15) is 0 Å². The van der Waals surface area contributed by atoms with Crippen LogP contribution in [0.25, 0.3) is 0 Å². The summed E-state index contributed by atoms with van der Waals surface area (Å²) < 4.78 is 0. The van der Waals surface area contributed by atoms with Gasteiger partial charge in [0.15, 0.2) is 0 Å². The van der Waals surface area contributed by atoms with Gasteiger partial charge in [0, 0.05) is 24.2 Å². The molecule has 1 aromatic carbocycles. The van der Waals surface area contributed by atoms with Crippen LogP contribution in [0.15, 0.2) is 18.2 Å². The summed E-state index contributed by atoms with van der Waals surface area (Å²) in [5.74, 6) is 5.74. The topological polar surface area (TPSA) is 66.6 Å². The average molecular weight is 258 g/mol. The second-order valence-corrected chi connectivity index (χ2v) is 4.68. The first-order valence-electron chi connectivity index (χ1n) is 6.39. The fourth-order valence-corrected chi connectivity index (χ4v) is 2.25. The van der Waals surface area contributed by atoms with Crippen LogP contribution in [-0.2, 0) is 0 Å². The van der Waals surface area contributed by atoms with Gasteiger partial charge in [-0.3, -0.25) is 4.79 Å². The zero-order valence-corrected chi connectivity index (χ0v) is 11.0. The predicted molar refractivity (Wildman–Crippen MR) is 73.6 cm³/mol. The van der Waals surface area contributed by atoms with E-state index in [1.54, 1.807) is 11.0 Å². The number of hydrogen-bond acceptors (Lipinski definition) is 3. The molecule has 1 saturated heterocycles. The van der Waals surface area contributed by atoms with Crippen LogP contribution in [0.4, 0.5) is 0 Å². The van der Waals surface area contributed by atoms with E-state index in [-0.39, 0.29) is 5.91 Å². The number of aliphatic hydroxyl groups is 1. The Kier molecular flexibility index (Phi) is 4.20. The Labute approximate surface area is 113 Å². The summed E-state index contributed by atoms with van der Waals surface area (Å²) in [6.45, 7) is 3.21. The van der Waals surface area contributed by atoms with E-state index in [1.807, 2.05) is 19.1 Å².